The number of nitrogens with zero attached hydrogens (tertiary/aromatic N) is 1. The van der Waals surface area contributed by atoms with Crippen LogP contribution in [0.2, 0.25) is 10.0 Å². The first-order valence-corrected chi connectivity index (χ1v) is 7.42. The Morgan fingerprint density at radius 2 is 1.83 bits per heavy atom. The predicted octanol–water partition coefficient (Wildman–Crippen LogP) is 5.95. The molecule has 0 fully saturated rings. The summed E-state index contributed by atoms with van der Waals surface area (Å²) in [6.45, 7) is 0. The highest BCUT2D eigenvalue weighted by atomic mass is 35.5. The summed E-state index contributed by atoms with van der Waals surface area (Å²) >= 11 is 11.8. The first kappa shape index (κ1) is 16.7. The molecule has 0 saturated heterocycles. The molecular formula is C16H9Cl2F3N2O. The van der Waals surface area contributed by atoms with Gasteiger partial charge in [0.1, 0.15) is 0 Å². The summed E-state index contributed by atoms with van der Waals surface area (Å²) < 4.78 is 38.3. The van der Waals surface area contributed by atoms with E-state index >= 15 is 0 Å². The minimum Gasteiger partial charge on any atom is -0.494 e. The Bertz CT molecular complexity index is 948. The number of hydrogen-bond donors (Lipinski definition) is 2. The van der Waals surface area contributed by atoms with Crippen molar-refractivity contribution in [2.45, 2.75) is 6.18 Å². The van der Waals surface area contributed by atoms with Gasteiger partial charge in [0.15, 0.2) is 5.88 Å². The number of aromatic hydroxyl groups is 1. The van der Waals surface area contributed by atoms with Crippen LogP contribution in [0.4, 0.5) is 18.9 Å². The molecule has 0 aliphatic carbocycles. The molecule has 0 aliphatic rings. The molecule has 3 aromatic rings. The Labute approximate surface area is 144 Å². The molecule has 24 heavy (non-hydrogen) atoms. The number of aromatic nitrogens is 1. The first-order chi connectivity index (χ1) is 11.3. The number of rotatable bonds is 2. The summed E-state index contributed by atoms with van der Waals surface area (Å²) in [6, 6.07) is 7.78. The van der Waals surface area contributed by atoms with Gasteiger partial charge in [-0.2, -0.15) is 13.2 Å². The van der Waals surface area contributed by atoms with Gasteiger partial charge in [-0.1, -0.05) is 29.3 Å². The molecule has 0 radical (unpaired) electrons. The third-order valence-corrected chi connectivity index (χ3v) is 3.94. The van der Waals surface area contributed by atoms with E-state index < -0.39 is 11.7 Å². The number of alkyl halides is 3. The maximum absolute atomic E-state index is 12.8. The fraction of sp³-hybridized carbons (Fsp3) is 0.0625. The second kappa shape index (κ2) is 6.03. The van der Waals surface area contributed by atoms with E-state index in [1.165, 1.54) is 6.21 Å². The lowest BCUT2D eigenvalue weighted by molar-refractivity contribution is -0.137. The topological polar surface area (TPSA) is 48.4 Å². The van der Waals surface area contributed by atoms with Crippen LogP contribution in [0.5, 0.6) is 5.88 Å². The summed E-state index contributed by atoms with van der Waals surface area (Å²) in [5.74, 6) is -0.167. The van der Waals surface area contributed by atoms with Gasteiger partial charge in [0.2, 0.25) is 0 Å². The highest BCUT2D eigenvalue weighted by molar-refractivity contribution is 6.33. The Morgan fingerprint density at radius 3 is 2.54 bits per heavy atom. The largest absolute Gasteiger partial charge is 0.494 e. The fourth-order valence-corrected chi connectivity index (χ4v) is 2.57. The molecule has 0 bridgehead atoms. The Hall–Kier alpha value is -2.18. The molecule has 2 aromatic carbocycles. The van der Waals surface area contributed by atoms with Crippen LogP contribution in [-0.2, 0) is 6.18 Å². The van der Waals surface area contributed by atoms with Crippen molar-refractivity contribution in [3.8, 4) is 5.88 Å². The SMILES string of the molecule is Oc1[nH]c2cc(Cl)ccc2c1C=Nc1cc(C(F)(F)F)ccc1Cl. The van der Waals surface area contributed by atoms with Crippen molar-refractivity contribution in [3.05, 3.63) is 57.6 Å². The number of H-pyrrole nitrogens is 1. The quantitative estimate of drug-likeness (QED) is 0.536. The summed E-state index contributed by atoms with van der Waals surface area (Å²) in [7, 11) is 0. The number of hydrogen-bond acceptors (Lipinski definition) is 2. The number of aliphatic imine (C=N–C) groups is 1. The highest BCUT2D eigenvalue weighted by Crippen LogP contribution is 2.35. The zero-order valence-electron chi connectivity index (χ0n) is 11.8. The predicted molar refractivity (Wildman–Crippen MR) is 88.7 cm³/mol. The maximum atomic E-state index is 12.8. The number of aromatic amines is 1. The summed E-state index contributed by atoms with van der Waals surface area (Å²) in [4.78, 5) is 6.71. The molecule has 0 atom stereocenters. The summed E-state index contributed by atoms with van der Waals surface area (Å²) in [6.07, 6.45) is -3.24. The molecule has 1 aromatic heterocycles. The van der Waals surface area contributed by atoms with Crippen molar-refractivity contribution in [1.29, 1.82) is 0 Å². The van der Waals surface area contributed by atoms with Gasteiger partial charge in [-0.3, -0.25) is 4.99 Å². The number of halogens is 5. The van der Waals surface area contributed by atoms with Crippen molar-refractivity contribution < 1.29 is 18.3 Å². The highest BCUT2D eigenvalue weighted by Gasteiger charge is 2.30. The first-order valence-electron chi connectivity index (χ1n) is 6.67. The molecule has 0 saturated carbocycles. The van der Waals surface area contributed by atoms with E-state index in [0.717, 1.165) is 18.2 Å². The minimum atomic E-state index is -4.49. The normalized spacial score (nSPS) is 12.4. The van der Waals surface area contributed by atoms with Gasteiger partial charge < -0.3 is 10.1 Å². The zero-order chi connectivity index (χ0) is 17.5. The van der Waals surface area contributed by atoms with E-state index in [0.29, 0.717) is 21.5 Å². The lowest BCUT2D eigenvalue weighted by Gasteiger charge is -2.07. The van der Waals surface area contributed by atoms with E-state index in [1.807, 2.05) is 0 Å². The monoisotopic (exact) mass is 372 g/mol. The van der Waals surface area contributed by atoms with Gasteiger partial charge >= 0.3 is 6.18 Å². The Balaban J connectivity index is 2.04. The molecule has 1 heterocycles. The molecule has 2 N–H and O–H groups in total. The molecule has 0 amide bonds. The molecule has 3 rings (SSSR count). The van der Waals surface area contributed by atoms with Gasteiger partial charge in [-0.05, 0) is 30.3 Å². The maximum Gasteiger partial charge on any atom is 0.416 e. The van der Waals surface area contributed by atoms with Crippen LogP contribution in [-0.4, -0.2) is 16.3 Å². The van der Waals surface area contributed by atoms with E-state index in [-0.39, 0.29) is 16.6 Å². The standard InChI is InChI=1S/C16H9Cl2F3N2O/c17-9-2-3-10-11(15(24)23-13(10)6-9)7-22-14-5-8(16(19,20)21)1-4-12(14)18/h1-7,23-24H. The van der Waals surface area contributed by atoms with E-state index in [9.17, 15) is 18.3 Å². The van der Waals surface area contributed by atoms with Crippen LogP contribution in [0, 0.1) is 0 Å². The Kier molecular flexibility index (Phi) is 4.19. The smallest absolute Gasteiger partial charge is 0.416 e. The van der Waals surface area contributed by atoms with Crippen LogP contribution in [0.3, 0.4) is 0 Å². The molecule has 0 unspecified atom stereocenters. The zero-order valence-corrected chi connectivity index (χ0v) is 13.3. The fourth-order valence-electron chi connectivity index (χ4n) is 2.23. The summed E-state index contributed by atoms with van der Waals surface area (Å²) in [5, 5.41) is 11.1. The molecule has 0 aliphatic heterocycles. The molecule has 0 spiro atoms. The van der Waals surface area contributed by atoms with Crippen LogP contribution in [0.25, 0.3) is 10.9 Å². The Morgan fingerprint density at radius 1 is 1.08 bits per heavy atom. The minimum absolute atomic E-state index is 0.0470. The van der Waals surface area contributed by atoms with E-state index in [2.05, 4.69) is 9.98 Å². The molecule has 124 valence electrons. The average molecular weight is 373 g/mol. The van der Waals surface area contributed by atoms with Crippen molar-refractivity contribution in [3.63, 3.8) is 0 Å². The number of nitrogens with one attached hydrogen (secondary N) is 1. The average Bonchev–Trinajstić information content (AvgIpc) is 2.79. The van der Waals surface area contributed by atoms with Gasteiger partial charge in [-0.25, -0.2) is 0 Å². The van der Waals surface area contributed by atoms with Gasteiger partial charge in [-0.15, -0.1) is 0 Å². The molecule has 8 heteroatoms. The third-order valence-electron chi connectivity index (χ3n) is 3.39. The molecule has 3 nitrogen and oxygen atoms in total. The van der Waals surface area contributed by atoms with E-state index in [1.54, 1.807) is 18.2 Å². The number of benzene rings is 2. The van der Waals surface area contributed by atoms with Crippen molar-refractivity contribution in [1.82, 2.24) is 4.98 Å². The van der Waals surface area contributed by atoms with E-state index in [4.69, 9.17) is 23.2 Å². The van der Waals surface area contributed by atoms with Crippen molar-refractivity contribution >= 4 is 46.0 Å². The van der Waals surface area contributed by atoms with Crippen LogP contribution in [0.1, 0.15) is 11.1 Å². The van der Waals surface area contributed by atoms with Gasteiger partial charge in [0.25, 0.3) is 0 Å². The van der Waals surface area contributed by atoms with Gasteiger partial charge in [0.05, 0.1) is 27.4 Å². The van der Waals surface area contributed by atoms with Crippen LogP contribution in [0.15, 0.2) is 41.4 Å². The lowest BCUT2D eigenvalue weighted by Crippen LogP contribution is -2.04. The third kappa shape index (κ3) is 3.20. The second-order valence-corrected chi connectivity index (χ2v) is 5.84. The molecular weight excluding hydrogens is 364 g/mol. The number of fused-ring (bicyclic) bond motifs is 1. The van der Waals surface area contributed by atoms with Crippen LogP contribution >= 0.6 is 23.2 Å². The van der Waals surface area contributed by atoms with Gasteiger partial charge in [0, 0.05) is 16.6 Å². The van der Waals surface area contributed by atoms with Crippen molar-refractivity contribution in [2.75, 3.05) is 0 Å². The second-order valence-electron chi connectivity index (χ2n) is 5.00. The van der Waals surface area contributed by atoms with Crippen LogP contribution < -0.4 is 0 Å². The summed E-state index contributed by atoms with van der Waals surface area (Å²) in [5.41, 5.74) is 0.00919. The lowest BCUT2D eigenvalue weighted by atomic mass is 10.1. The van der Waals surface area contributed by atoms with Crippen molar-refractivity contribution in [2.24, 2.45) is 4.99 Å².